The van der Waals surface area contributed by atoms with Crippen LogP contribution in [0.4, 0.5) is 4.79 Å². The molecule has 0 aromatic heterocycles. The molecule has 132 valence electrons. The SMILES string of the molecule is CC(C)(C)CNC(=O)N1CCN(C(=O)COc2ccccc2)CC1. The molecule has 0 atom stereocenters. The molecule has 0 unspecified atom stereocenters. The van der Waals surface area contributed by atoms with Crippen LogP contribution in [-0.4, -0.2) is 61.1 Å². The number of rotatable bonds is 4. The maximum absolute atomic E-state index is 12.2. The van der Waals surface area contributed by atoms with Gasteiger partial charge in [-0.05, 0) is 17.5 Å². The minimum atomic E-state index is -0.0578. The molecule has 1 aliphatic rings. The Bertz CT molecular complexity index is 546. The Morgan fingerprint density at radius 3 is 2.21 bits per heavy atom. The smallest absolute Gasteiger partial charge is 0.317 e. The van der Waals surface area contributed by atoms with Crippen LogP contribution in [0.1, 0.15) is 20.8 Å². The zero-order chi connectivity index (χ0) is 17.6. The average Bonchev–Trinajstić information content (AvgIpc) is 2.58. The molecule has 1 saturated heterocycles. The van der Waals surface area contributed by atoms with E-state index in [-0.39, 0.29) is 24.0 Å². The van der Waals surface area contributed by atoms with Gasteiger partial charge in [0.2, 0.25) is 0 Å². The lowest BCUT2D eigenvalue weighted by Crippen LogP contribution is -2.54. The van der Waals surface area contributed by atoms with E-state index in [1.807, 2.05) is 30.3 Å². The largest absolute Gasteiger partial charge is 0.484 e. The molecule has 0 saturated carbocycles. The van der Waals surface area contributed by atoms with Gasteiger partial charge in [-0.15, -0.1) is 0 Å². The molecular weight excluding hydrogens is 306 g/mol. The monoisotopic (exact) mass is 333 g/mol. The molecule has 6 heteroatoms. The minimum absolute atomic E-state index is 0.0280. The Balaban J connectivity index is 1.71. The molecule has 1 heterocycles. The highest BCUT2D eigenvalue weighted by Crippen LogP contribution is 2.11. The number of benzene rings is 1. The summed E-state index contributed by atoms with van der Waals surface area (Å²) in [5, 5.41) is 2.94. The van der Waals surface area contributed by atoms with Gasteiger partial charge in [0.25, 0.3) is 5.91 Å². The minimum Gasteiger partial charge on any atom is -0.484 e. The van der Waals surface area contributed by atoms with Crippen molar-refractivity contribution >= 4 is 11.9 Å². The Morgan fingerprint density at radius 2 is 1.62 bits per heavy atom. The normalized spacial score (nSPS) is 15.1. The van der Waals surface area contributed by atoms with Crippen molar-refractivity contribution in [2.45, 2.75) is 20.8 Å². The topological polar surface area (TPSA) is 61.9 Å². The first-order chi connectivity index (χ1) is 11.3. The van der Waals surface area contributed by atoms with Crippen LogP contribution in [0.3, 0.4) is 0 Å². The number of hydrogen-bond donors (Lipinski definition) is 1. The molecule has 0 radical (unpaired) electrons. The van der Waals surface area contributed by atoms with Crippen molar-refractivity contribution in [2.75, 3.05) is 39.3 Å². The summed E-state index contributed by atoms with van der Waals surface area (Å²) in [6.07, 6.45) is 0. The summed E-state index contributed by atoms with van der Waals surface area (Å²) in [4.78, 5) is 27.8. The van der Waals surface area contributed by atoms with Crippen molar-refractivity contribution in [1.82, 2.24) is 15.1 Å². The summed E-state index contributed by atoms with van der Waals surface area (Å²) in [7, 11) is 0. The molecule has 1 aromatic carbocycles. The third-order valence-electron chi connectivity index (χ3n) is 3.80. The zero-order valence-electron chi connectivity index (χ0n) is 14.7. The quantitative estimate of drug-likeness (QED) is 0.916. The van der Waals surface area contributed by atoms with Crippen LogP contribution in [0.15, 0.2) is 30.3 Å². The molecule has 3 amide bonds. The molecule has 1 N–H and O–H groups in total. The van der Waals surface area contributed by atoms with Gasteiger partial charge in [0.1, 0.15) is 5.75 Å². The highest BCUT2D eigenvalue weighted by molar-refractivity contribution is 5.79. The highest BCUT2D eigenvalue weighted by Gasteiger charge is 2.25. The Hall–Kier alpha value is -2.24. The lowest BCUT2D eigenvalue weighted by molar-refractivity contribution is -0.134. The molecule has 0 aliphatic carbocycles. The van der Waals surface area contributed by atoms with E-state index in [4.69, 9.17) is 4.74 Å². The predicted molar refractivity (Wildman–Crippen MR) is 92.9 cm³/mol. The number of para-hydroxylation sites is 1. The standard InChI is InChI=1S/C18H27N3O3/c1-18(2,3)14-19-17(23)21-11-9-20(10-12-21)16(22)13-24-15-7-5-4-6-8-15/h4-8H,9-14H2,1-3H3,(H,19,23). The van der Waals surface area contributed by atoms with E-state index in [0.29, 0.717) is 38.5 Å². The molecule has 0 bridgehead atoms. The van der Waals surface area contributed by atoms with Crippen LogP contribution in [-0.2, 0) is 4.79 Å². The van der Waals surface area contributed by atoms with Gasteiger partial charge in [0.15, 0.2) is 6.61 Å². The van der Waals surface area contributed by atoms with Gasteiger partial charge >= 0.3 is 6.03 Å². The number of carbonyl (C=O) groups is 2. The van der Waals surface area contributed by atoms with E-state index < -0.39 is 0 Å². The summed E-state index contributed by atoms with van der Waals surface area (Å²) in [6.45, 7) is 9.08. The maximum atomic E-state index is 12.2. The first-order valence-electron chi connectivity index (χ1n) is 8.33. The van der Waals surface area contributed by atoms with Crippen LogP contribution < -0.4 is 10.1 Å². The van der Waals surface area contributed by atoms with Crippen LogP contribution in [0, 0.1) is 5.41 Å². The van der Waals surface area contributed by atoms with E-state index in [1.54, 1.807) is 9.80 Å². The third kappa shape index (κ3) is 5.76. The molecular formula is C18H27N3O3. The van der Waals surface area contributed by atoms with Crippen molar-refractivity contribution in [3.8, 4) is 5.75 Å². The number of piperazine rings is 1. The summed E-state index contributed by atoms with van der Waals surface area (Å²) < 4.78 is 5.49. The van der Waals surface area contributed by atoms with Crippen molar-refractivity contribution in [2.24, 2.45) is 5.41 Å². The van der Waals surface area contributed by atoms with Gasteiger partial charge in [-0.25, -0.2) is 4.79 Å². The van der Waals surface area contributed by atoms with Crippen molar-refractivity contribution < 1.29 is 14.3 Å². The van der Waals surface area contributed by atoms with Crippen LogP contribution in [0.2, 0.25) is 0 Å². The Kier molecular flexibility index (Phi) is 6.06. The Morgan fingerprint density at radius 1 is 1.04 bits per heavy atom. The fraction of sp³-hybridized carbons (Fsp3) is 0.556. The number of carbonyl (C=O) groups excluding carboxylic acids is 2. The molecule has 2 rings (SSSR count). The molecule has 1 aromatic rings. The summed E-state index contributed by atoms with van der Waals surface area (Å²) in [6, 6.07) is 9.23. The third-order valence-corrected chi connectivity index (χ3v) is 3.80. The predicted octanol–water partition coefficient (Wildman–Crippen LogP) is 1.97. The average molecular weight is 333 g/mol. The number of nitrogens with one attached hydrogen (secondary N) is 1. The second-order valence-corrected chi connectivity index (χ2v) is 7.19. The highest BCUT2D eigenvalue weighted by atomic mass is 16.5. The van der Waals surface area contributed by atoms with Gasteiger partial charge in [-0.3, -0.25) is 4.79 Å². The van der Waals surface area contributed by atoms with E-state index in [9.17, 15) is 9.59 Å². The number of amides is 3. The molecule has 1 fully saturated rings. The van der Waals surface area contributed by atoms with Crippen molar-refractivity contribution in [1.29, 1.82) is 0 Å². The van der Waals surface area contributed by atoms with E-state index in [1.165, 1.54) is 0 Å². The molecule has 6 nitrogen and oxygen atoms in total. The van der Waals surface area contributed by atoms with E-state index >= 15 is 0 Å². The lowest BCUT2D eigenvalue weighted by Gasteiger charge is -2.35. The second kappa shape index (κ2) is 8.04. The van der Waals surface area contributed by atoms with Crippen molar-refractivity contribution in [3.05, 3.63) is 30.3 Å². The first kappa shape index (κ1) is 18.1. The molecule has 1 aliphatic heterocycles. The van der Waals surface area contributed by atoms with Gasteiger partial charge in [0.05, 0.1) is 0 Å². The first-order valence-corrected chi connectivity index (χ1v) is 8.33. The van der Waals surface area contributed by atoms with Crippen LogP contribution in [0.25, 0.3) is 0 Å². The van der Waals surface area contributed by atoms with Crippen molar-refractivity contribution in [3.63, 3.8) is 0 Å². The van der Waals surface area contributed by atoms with E-state index in [0.717, 1.165) is 0 Å². The fourth-order valence-corrected chi connectivity index (χ4v) is 2.36. The zero-order valence-corrected chi connectivity index (χ0v) is 14.7. The summed E-state index contributed by atoms with van der Waals surface area (Å²) in [5.41, 5.74) is 0.0578. The Labute approximate surface area is 143 Å². The van der Waals surface area contributed by atoms with Gasteiger partial charge in [0, 0.05) is 32.7 Å². The van der Waals surface area contributed by atoms with Gasteiger partial charge in [-0.1, -0.05) is 39.0 Å². The summed E-state index contributed by atoms with van der Waals surface area (Å²) in [5.74, 6) is 0.639. The number of ether oxygens (including phenoxy) is 1. The molecule has 0 spiro atoms. The second-order valence-electron chi connectivity index (χ2n) is 7.19. The maximum Gasteiger partial charge on any atom is 0.317 e. The molecule has 24 heavy (non-hydrogen) atoms. The van der Waals surface area contributed by atoms with Crippen LogP contribution >= 0.6 is 0 Å². The fourth-order valence-electron chi connectivity index (χ4n) is 2.36. The van der Waals surface area contributed by atoms with Crippen LogP contribution in [0.5, 0.6) is 5.75 Å². The number of hydrogen-bond acceptors (Lipinski definition) is 3. The number of urea groups is 1. The summed E-state index contributed by atoms with van der Waals surface area (Å²) >= 11 is 0. The van der Waals surface area contributed by atoms with Gasteiger partial charge < -0.3 is 19.9 Å². The van der Waals surface area contributed by atoms with Gasteiger partial charge in [-0.2, -0.15) is 0 Å². The lowest BCUT2D eigenvalue weighted by atomic mass is 9.97. The number of nitrogens with zero attached hydrogens (tertiary/aromatic N) is 2. The van der Waals surface area contributed by atoms with E-state index in [2.05, 4.69) is 26.1 Å².